The van der Waals surface area contributed by atoms with Gasteiger partial charge in [0, 0.05) is 5.56 Å². The van der Waals surface area contributed by atoms with E-state index in [4.69, 9.17) is 0 Å². The number of nitrogens with zero attached hydrogens (tertiary/aromatic N) is 6. The van der Waals surface area contributed by atoms with Crippen molar-refractivity contribution in [3.05, 3.63) is 41.4 Å². The van der Waals surface area contributed by atoms with Crippen LogP contribution in [0.15, 0.2) is 18.7 Å². The molecule has 0 bridgehead atoms. The Hall–Kier alpha value is -2.87. The van der Waals surface area contributed by atoms with Crippen molar-refractivity contribution in [3.8, 4) is 23.0 Å². The highest BCUT2D eigenvalue weighted by molar-refractivity contribution is 8.00. The third kappa shape index (κ3) is 3.06. The monoisotopic (exact) mass is 391 g/mol. The number of H-pyrrole nitrogens is 1. The quantitative estimate of drug-likeness (QED) is 0.736. The molecule has 1 aliphatic rings. The molecule has 0 aliphatic heterocycles. The molecular weight excluding hydrogens is 379 g/mol. The number of aryl methyl sites for hydroxylation is 1. The molecule has 0 amide bonds. The van der Waals surface area contributed by atoms with Crippen LogP contribution in [0.25, 0.3) is 16.9 Å². The third-order valence-corrected chi connectivity index (χ3v) is 5.18. The molecule has 0 radical (unpaired) electrons. The van der Waals surface area contributed by atoms with Crippen molar-refractivity contribution >= 4 is 11.8 Å². The maximum atomic E-state index is 12.7. The highest BCUT2D eigenvalue weighted by Crippen LogP contribution is 2.45. The molecule has 27 heavy (non-hydrogen) atoms. The second kappa shape index (κ2) is 6.38. The minimum atomic E-state index is -4.34. The van der Waals surface area contributed by atoms with Crippen molar-refractivity contribution in [1.82, 2.24) is 29.9 Å². The molecule has 3 aromatic rings. The SMILES string of the molecule is CC(SC(F)(F)F)c1[nH]nc2c1CCc1nn(-c3cncnc3)c(C#N)c1-2. The van der Waals surface area contributed by atoms with Gasteiger partial charge in [-0.05, 0) is 31.5 Å². The van der Waals surface area contributed by atoms with E-state index >= 15 is 0 Å². The first-order chi connectivity index (χ1) is 12.9. The minimum Gasteiger partial charge on any atom is -0.281 e. The largest absolute Gasteiger partial charge is 0.442 e. The summed E-state index contributed by atoms with van der Waals surface area (Å²) in [5.74, 6) is 0. The summed E-state index contributed by atoms with van der Waals surface area (Å²) in [6.07, 6.45) is 5.45. The molecule has 1 unspecified atom stereocenters. The van der Waals surface area contributed by atoms with E-state index in [-0.39, 0.29) is 17.5 Å². The van der Waals surface area contributed by atoms with Gasteiger partial charge in [0.05, 0.1) is 34.6 Å². The van der Waals surface area contributed by atoms with E-state index in [0.717, 1.165) is 0 Å². The van der Waals surface area contributed by atoms with Crippen LogP contribution in [0.2, 0.25) is 0 Å². The van der Waals surface area contributed by atoms with Crippen LogP contribution in [0.3, 0.4) is 0 Å². The Labute approximate surface area is 155 Å². The maximum absolute atomic E-state index is 12.7. The van der Waals surface area contributed by atoms with E-state index in [2.05, 4.69) is 31.3 Å². The summed E-state index contributed by atoms with van der Waals surface area (Å²) in [7, 11) is 0. The molecule has 3 aromatic heterocycles. The molecule has 3 heterocycles. The van der Waals surface area contributed by atoms with Gasteiger partial charge in [0.1, 0.15) is 23.8 Å². The third-order valence-electron chi connectivity index (χ3n) is 4.32. The van der Waals surface area contributed by atoms with Crippen molar-refractivity contribution in [2.45, 2.75) is 30.5 Å². The van der Waals surface area contributed by atoms with Gasteiger partial charge in [0.2, 0.25) is 0 Å². The maximum Gasteiger partial charge on any atom is 0.442 e. The van der Waals surface area contributed by atoms with Crippen molar-refractivity contribution in [2.24, 2.45) is 0 Å². The fourth-order valence-electron chi connectivity index (χ4n) is 3.26. The van der Waals surface area contributed by atoms with Gasteiger partial charge in [-0.3, -0.25) is 5.10 Å². The van der Waals surface area contributed by atoms with Crippen molar-refractivity contribution in [1.29, 1.82) is 5.26 Å². The van der Waals surface area contributed by atoms with Crippen LogP contribution < -0.4 is 0 Å². The van der Waals surface area contributed by atoms with E-state index < -0.39 is 10.8 Å². The lowest BCUT2D eigenvalue weighted by molar-refractivity contribution is -0.0333. The van der Waals surface area contributed by atoms with Crippen LogP contribution in [-0.2, 0) is 12.8 Å². The normalized spacial score (nSPS) is 14.3. The molecule has 0 saturated carbocycles. The molecular formula is C16H12F3N7S. The molecule has 11 heteroatoms. The lowest BCUT2D eigenvalue weighted by atomic mass is 9.92. The second-order valence-electron chi connectivity index (χ2n) is 5.96. The van der Waals surface area contributed by atoms with E-state index in [9.17, 15) is 18.4 Å². The summed E-state index contributed by atoms with van der Waals surface area (Å²) in [6.45, 7) is 1.48. The zero-order valence-corrected chi connectivity index (χ0v) is 14.8. The number of halogens is 3. The standard InChI is InChI=1S/C16H12F3N7S/c1-8(27-16(17,18)19)14-10-2-3-11-13(15(10)24-23-14)12(4-20)26(25-11)9-5-21-7-22-6-9/h5-8H,2-3H2,1H3,(H,23,24). The molecule has 1 atom stereocenters. The fraction of sp³-hybridized carbons (Fsp3) is 0.312. The molecule has 138 valence electrons. The molecule has 0 fully saturated rings. The van der Waals surface area contributed by atoms with Crippen LogP contribution >= 0.6 is 11.8 Å². The smallest absolute Gasteiger partial charge is 0.281 e. The van der Waals surface area contributed by atoms with Gasteiger partial charge in [-0.2, -0.15) is 28.6 Å². The molecule has 1 N–H and O–H groups in total. The number of alkyl halides is 3. The molecule has 7 nitrogen and oxygen atoms in total. The molecule has 0 saturated heterocycles. The number of nitrogens with one attached hydrogen (secondary N) is 1. The van der Waals surface area contributed by atoms with Gasteiger partial charge in [-0.1, -0.05) is 0 Å². The van der Waals surface area contributed by atoms with Crippen LogP contribution in [0, 0.1) is 11.3 Å². The Balaban J connectivity index is 1.81. The van der Waals surface area contributed by atoms with E-state index in [1.807, 2.05) is 0 Å². The molecule has 0 spiro atoms. The Kier molecular flexibility index (Phi) is 4.15. The van der Waals surface area contributed by atoms with Crippen LogP contribution in [0.5, 0.6) is 0 Å². The highest BCUT2D eigenvalue weighted by atomic mass is 32.2. The van der Waals surface area contributed by atoms with Gasteiger partial charge in [-0.25, -0.2) is 14.6 Å². The zero-order chi connectivity index (χ0) is 19.2. The van der Waals surface area contributed by atoms with Crippen LogP contribution in [-0.4, -0.2) is 35.5 Å². The lowest BCUT2D eigenvalue weighted by Gasteiger charge is -2.16. The Morgan fingerprint density at radius 3 is 2.70 bits per heavy atom. The highest BCUT2D eigenvalue weighted by Gasteiger charge is 2.36. The average molecular weight is 391 g/mol. The summed E-state index contributed by atoms with van der Waals surface area (Å²) in [4.78, 5) is 7.87. The Morgan fingerprint density at radius 1 is 1.30 bits per heavy atom. The first-order valence-electron chi connectivity index (χ1n) is 7.98. The summed E-state index contributed by atoms with van der Waals surface area (Å²) >= 11 is -0.0930. The van der Waals surface area contributed by atoms with Gasteiger partial charge in [0.15, 0.2) is 5.69 Å². The summed E-state index contributed by atoms with van der Waals surface area (Å²) in [6, 6.07) is 2.13. The average Bonchev–Trinajstić information content (AvgIpc) is 3.21. The van der Waals surface area contributed by atoms with Crippen molar-refractivity contribution in [3.63, 3.8) is 0 Å². The van der Waals surface area contributed by atoms with E-state index in [1.165, 1.54) is 30.3 Å². The van der Waals surface area contributed by atoms with E-state index in [1.54, 1.807) is 0 Å². The summed E-state index contributed by atoms with van der Waals surface area (Å²) < 4.78 is 39.7. The summed E-state index contributed by atoms with van der Waals surface area (Å²) in [5.41, 5.74) is -0.707. The predicted octanol–water partition coefficient (Wildman–Crippen LogP) is 3.34. The van der Waals surface area contributed by atoms with Crippen LogP contribution in [0.4, 0.5) is 13.2 Å². The number of nitriles is 1. The van der Waals surface area contributed by atoms with E-state index in [0.29, 0.717) is 46.7 Å². The number of aromatic amines is 1. The fourth-order valence-corrected chi connectivity index (χ4v) is 3.97. The number of hydrogen-bond acceptors (Lipinski definition) is 6. The van der Waals surface area contributed by atoms with Gasteiger partial charge in [0.25, 0.3) is 0 Å². The van der Waals surface area contributed by atoms with Crippen LogP contribution in [0.1, 0.15) is 34.8 Å². The Bertz CT molecular complexity index is 1030. The number of rotatable bonds is 3. The first kappa shape index (κ1) is 17.5. The zero-order valence-electron chi connectivity index (χ0n) is 13.9. The van der Waals surface area contributed by atoms with Crippen molar-refractivity contribution < 1.29 is 13.2 Å². The Morgan fingerprint density at radius 2 is 2.04 bits per heavy atom. The summed E-state index contributed by atoms with van der Waals surface area (Å²) in [5, 5.41) is 20.3. The predicted molar refractivity (Wildman–Crippen MR) is 90.9 cm³/mol. The number of aromatic nitrogens is 6. The first-order valence-corrected chi connectivity index (χ1v) is 8.86. The number of fused-ring (bicyclic) bond motifs is 3. The lowest BCUT2D eigenvalue weighted by Crippen LogP contribution is -2.08. The van der Waals surface area contributed by atoms with Gasteiger partial charge >= 0.3 is 5.51 Å². The number of thioether (sulfide) groups is 1. The second-order valence-corrected chi connectivity index (χ2v) is 7.37. The molecule has 1 aliphatic carbocycles. The topological polar surface area (TPSA) is 96.1 Å². The molecule has 0 aromatic carbocycles. The van der Waals surface area contributed by atoms with Crippen molar-refractivity contribution in [2.75, 3.05) is 0 Å². The van der Waals surface area contributed by atoms with Gasteiger partial charge < -0.3 is 0 Å². The number of hydrogen-bond donors (Lipinski definition) is 1. The molecule has 4 rings (SSSR count). The minimum absolute atomic E-state index is 0.0930. The van der Waals surface area contributed by atoms with Gasteiger partial charge in [-0.15, -0.1) is 0 Å².